The van der Waals surface area contributed by atoms with E-state index in [0.717, 1.165) is 81.7 Å². The molecule has 0 amide bonds. The molecule has 0 saturated carbocycles. The van der Waals surface area contributed by atoms with Gasteiger partial charge in [-0.05, 0) is 141 Å². The lowest BCUT2D eigenvalue weighted by Crippen LogP contribution is -2.34. The Morgan fingerprint density at radius 2 is 1.48 bits per heavy atom. The maximum absolute atomic E-state index is 12.5. The zero-order valence-electron chi connectivity index (χ0n) is 41.7. The van der Waals surface area contributed by atoms with Crippen molar-refractivity contribution in [3.8, 4) is 34.1 Å². The van der Waals surface area contributed by atoms with Crippen molar-refractivity contribution in [3.63, 3.8) is 0 Å². The van der Waals surface area contributed by atoms with E-state index in [0.29, 0.717) is 24.4 Å². The van der Waals surface area contributed by atoms with Crippen molar-refractivity contribution < 1.29 is 42.7 Å². The number of hydrogen-bond donors (Lipinski definition) is 0. The molecule has 0 bridgehead atoms. The van der Waals surface area contributed by atoms with E-state index in [1.807, 2.05) is 36.4 Å². The molecule has 10 heteroatoms. The fourth-order valence-electron chi connectivity index (χ4n) is 10.4. The molecule has 0 radical (unpaired) electrons. The van der Waals surface area contributed by atoms with E-state index in [1.54, 1.807) is 25.8 Å². The topological polar surface area (TPSA) is 98.8 Å². The molecule has 2 aliphatic heterocycles. The maximum atomic E-state index is 12.5. The number of fused-ring (bicyclic) bond motifs is 9. The fourth-order valence-corrected chi connectivity index (χ4v) is 11.4. The van der Waals surface area contributed by atoms with Crippen LogP contribution in [-0.4, -0.2) is 56.5 Å². The largest absolute Gasteiger partial charge is 0.497 e. The highest BCUT2D eigenvalue weighted by Gasteiger charge is 2.41. The van der Waals surface area contributed by atoms with E-state index in [-0.39, 0.29) is 32.2 Å². The number of esters is 2. The Labute approximate surface area is 413 Å². The van der Waals surface area contributed by atoms with Gasteiger partial charge in [-0.2, -0.15) is 0 Å². The number of thioether (sulfide) groups is 1. The molecule has 5 aromatic carbocycles. The van der Waals surface area contributed by atoms with Gasteiger partial charge in [-0.1, -0.05) is 106 Å². The number of ether oxygens (including phenoxy) is 7. The first-order valence-electron chi connectivity index (χ1n) is 25.2. The van der Waals surface area contributed by atoms with Gasteiger partial charge in [-0.15, -0.1) is 0 Å². The molecule has 0 spiro atoms. The minimum atomic E-state index is -1.01. The van der Waals surface area contributed by atoms with Crippen molar-refractivity contribution in [1.82, 2.24) is 0 Å². The molecule has 5 aromatic rings. The molecule has 2 unspecified atom stereocenters. The van der Waals surface area contributed by atoms with Crippen LogP contribution in [0.4, 0.5) is 0 Å². The van der Waals surface area contributed by atoms with E-state index in [4.69, 9.17) is 33.2 Å². The first kappa shape index (κ1) is 50.0. The van der Waals surface area contributed by atoms with Gasteiger partial charge >= 0.3 is 11.9 Å². The highest BCUT2D eigenvalue weighted by Crippen LogP contribution is 2.56. The molecule has 69 heavy (non-hydrogen) atoms. The quantitative estimate of drug-likeness (QED) is 0.0624. The van der Waals surface area contributed by atoms with Crippen LogP contribution in [0.3, 0.4) is 0 Å². The minimum absolute atomic E-state index is 0.0413. The Kier molecular flexibility index (Phi) is 16.0. The molecule has 3 aliphatic rings. The second kappa shape index (κ2) is 22.1. The van der Waals surface area contributed by atoms with Crippen LogP contribution >= 0.6 is 11.8 Å². The monoisotopic (exact) mass is 954 g/mol. The Balaban J connectivity index is 1.10. The van der Waals surface area contributed by atoms with Gasteiger partial charge in [-0.3, -0.25) is 9.59 Å². The zero-order chi connectivity index (χ0) is 48.6. The number of methoxy groups -OCH3 is 1. The highest BCUT2D eigenvalue weighted by molar-refractivity contribution is 8.00. The van der Waals surface area contributed by atoms with Gasteiger partial charge in [0, 0.05) is 28.7 Å². The third-order valence-corrected chi connectivity index (χ3v) is 15.4. The molecular weight excluding hydrogens is 885 g/mol. The molecule has 2 atom stereocenters. The van der Waals surface area contributed by atoms with E-state index < -0.39 is 22.5 Å². The molecular formula is C59H70O9S. The lowest BCUT2D eigenvalue weighted by Gasteiger charge is -2.38. The van der Waals surface area contributed by atoms with Gasteiger partial charge in [0.15, 0.2) is 10.5 Å². The summed E-state index contributed by atoms with van der Waals surface area (Å²) in [5.41, 5.74) is 7.61. The normalized spacial score (nSPS) is 18.2. The molecule has 2 heterocycles. The maximum Gasteiger partial charge on any atom is 0.306 e. The van der Waals surface area contributed by atoms with Crippen molar-refractivity contribution in [2.45, 2.75) is 140 Å². The summed E-state index contributed by atoms with van der Waals surface area (Å²) < 4.78 is 42.4. The number of aryl methyl sites for hydroxylation is 1. The summed E-state index contributed by atoms with van der Waals surface area (Å²) in [4.78, 5) is 25.5. The molecule has 0 saturated heterocycles. The molecule has 9 nitrogen and oxygen atoms in total. The van der Waals surface area contributed by atoms with E-state index in [9.17, 15) is 9.59 Å². The van der Waals surface area contributed by atoms with Crippen molar-refractivity contribution >= 4 is 40.5 Å². The SMILES string of the molecule is CCCCOCC(C)OC(=O)CCC(=O)OCCOc1ccc(C2(c3ccc(OC)cc3)C=Cc3c4c(c5cc6c(cc5c3O2)SC(C)(C)O6)-c2ccccc2CCCC(CC)(CC)CCC4)cc1. The molecule has 0 fully saturated rings. The van der Waals surface area contributed by atoms with Crippen LogP contribution in [0.15, 0.2) is 95.9 Å². The lowest BCUT2D eigenvalue weighted by molar-refractivity contribution is -0.155. The van der Waals surface area contributed by atoms with Gasteiger partial charge in [0.05, 0.1) is 31.5 Å². The summed E-state index contributed by atoms with van der Waals surface area (Å²) in [6.45, 7) is 14.0. The molecule has 366 valence electrons. The van der Waals surface area contributed by atoms with E-state index >= 15 is 0 Å². The van der Waals surface area contributed by atoms with Gasteiger partial charge in [0.1, 0.15) is 42.3 Å². The minimum Gasteiger partial charge on any atom is -0.497 e. The Morgan fingerprint density at radius 1 is 0.783 bits per heavy atom. The number of carbonyl (C=O) groups is 2. The van der Waals surface area contributed by atoms with E-state index in [1.165, 1.54) is 54.4 Å². The predicted octanol–water partition coefficient (Wildman–Crippen LogP) is 14.0. The van der Waals surface area contributed by atoms with Gasteiger partial charge in [0.2, 0.25) is 0 Å². The van der Waals surface area contributed by atoms with Crippen LogP contribution in [0.25, 0.3) is 28.0 Å². The average molecular weight is 955 g/mol. The van der Waals surface area contributed by atoms with Crippen molar-refractivity contribution in [3.05, 3.63) is 119 Å². The highest BCUT2D eigenvalue weighted by atomic mass is 32.2. The fraction of sp³-hybridized carbons (Fsp3) is 0.458. The Bertz CT molecular complexity index is 2610. The molecule has 0 aromatic heterocycles. The molecule has 8 rings (SSSR count). The lowest BCUT2D eigenvalue weighted by atomic mass is 9.73. The average Bonchev–Trinajstić information content (AvgIpc) is 3.66. The standard InChI is InChI=1S/C59H70O9S/c1-8-11-34-63-39-40(4)66-54(61)29-28-53(60)65-36-35-64-45-26-22-43(23-27-45)59(42-20-24-44(62-7)25-21-42)33-30-48-47-19-15-32-58(9-2,10-3)31-14-17-41-16-12-13-18-46(41)55(47)49-37-51-52(69-57(5,6)67-51)38-50(49)56(48)68-59/h12-13,16,18,20-27,30,33,37-38,40H,8-11,14-15,17,19,28-29,31-32,34-36,39H2,1-7H3. The number of benzene rings is 5. The second-order valence-corrected chi connectivity index (χ2v) is 21.0. The van der Waals surface area contributed by atoms with Crippen molar-refractivity contribution in [1.29, 1.82) is 0 Å². The summed E-state index contributed by atoms with van der Waals surface area (Å²) >= 11 is 1.75. The van der Waals surface area contributed by atoms with Gasteiger partial charge in [0.25, 0.3) is 0 Å². The summed E-state index contributed by atoms with van der Waals surface area (Å²) in [6.07, 6.45) is 15.0. The summed E-state index contributed by atoms with van der Waals surface area (Å²) in [7, 11) is 1.68. The van der Waals surface area contributed by atoms with Crippen LogP contribution in [-0.2, 0) is 42.2 Å². The van der Waals surface area contributed by atoms with Crippen LogP contribution in [0, 0.1) is 5.41 Å². The summed E-state index contributed by atoms with van der Waals surface area (Å²) in [6, 6.07) is 29.7. The zero-order valence-corrected chi connectivity index (χ0v) is 42.5. The summed E-state index contributed by atoms with van der Waals surface area (Å²) in [5.74, 6) is 2.22. The smallest absolute Gasteiger partial charge is 0.306 e. The van der Waals surface area contributed by atoms with Crippen LogP contribution in [0.2, 0.25) is 0 Å². The molecule has 0 N–H and O–H groups in total. The van der Waals surface area contributed by atoms with Crippen LogP contribution in [0.1, 0.15) is 134 Å². The third-order valence-electron chi connectivity index (χ3n) is 14.3. The van der Waals surface area contributed by atoms with E-state index in [2.05, 4.69) is 95.3 Å². The number of carbonyl (C=O) groups excluding carboxylic acids is 2. The van der Waals surface area contributed by atoms with Crippen molar-refractivity contribution in [2.24, 2.45) is 5.41 Å². The number of rotatable bonds is 18. The number of unbranched alkanes of at least 4 members (excludes halogenated alkanes) is 1. The number of hydrogen-bond acceptors (Lipinski definition) is 10. The van der Waals surface area contributed by atoms with Crippen LogP contribution < -0.4 is 18.9 Å². The predicted molar refractivity (Wildman–Crippen MR) is 276 cm³/mol. The van der Waals surface area contributed by atoms with Crippen LogP contribution in [0.5, 0.6) is 23.0 Å². The summed E-state index contributed by atoms with van der Waals surface area (Å²) in [5, 5.41) is 2.21. The second-order valence-electron chi connectivity index (χ2n) is 19.3. The Hall–Kier alpha value is -5.45. The first-order valence-corrected chi connectivity index (χ1v) is 26.0. The molecule has 1 aliphatic carbocycles. The third kappa shape index (κ3) is 11.3. The Morgan fingerprint density at radius 3 is 2.19 bits per heavy atom. The van der Waals surface area contributed by atoms with Crippen molar-refractivity contribution in [2.75, 3.05) is 33.5 Å². The van der Waals surface area contributed by atoms with Gasteiger partial charge < -0.3 is 33.2 Å². The van der Waals surface area contributed by atoms with Gasteiger partial charge in [-0.25, -0.2) is 0 Å². The first-order chi connectivity index (χ1) is 33.4.